The minimum atomic E-state index is 0.432. The molecule has 3 nitrogen and oxygen atoms in total. The molecular weight excluding hydrogens is 214 g/mol. The van der Waals surface area contributed by atoms with Gasteiger partial charge in [-0.25, -0.2) is 0 Å². The number of carbonyl (C=O) groups excluding carboxylic acids is 1. The first-order valence-electron chi connectivity index (χ1n) is 6.58. The van der Waals surface area contributed by atoms with Gasteiger partial charge in [0.15, 0.2) is 12.0 Å². The fourth-order valence-corrected chi connectivity index (χ4v) is 2.55. The van der Waals surface area contributed by atoms with Crippen molar-refractivity contribution < 1.29 is 9.21 Å². The average Bonchev–Trinajstić information content (AvgIpc) is 2.68. The van der Waals surface area contributed by atoms with Gasteiger partial charge < -0.3 is 4.42 Å². The van der Waals surface area contributed by atoms with E-state index in [9.17, 15) is 4.79 Å². The Morgan fingerprint density at radius 3 is 3.00 bits per heavy atom. The van der Waals surface area contributed by atoms with Gasteiger partial charge in [0.25, 0.3) is 0 Å². The summed E-state index contributed by atoms with van der Waals surface area (Å²) in [6, 6.07) is 3.65. The zero-order chi connectivity index (χ0) is 12.1. The lowest BCUT2D eigenvalue weighted by atomic mass is 9.98. The number of likely N-dealkylation sites (tertiary alicyclic amines) is 1. The maximum absolute atomic E-state index is 10.5. The number of aldehydes is 1. The molecule has 2 heterocycles. The number of nitrogens with zero attached hydrogens (tertiary/aromatic N) is 1. The van der Waals surface area contributed by atoms with Crippen molar-refractivity contribution >= 4 is 6.29 Å². The Hall–Kier alpha value is -1.09. The highest BCUT2D eigenvalue weighted by Gasteiger charge is 2.16. The van der Waals surface area contributed by atoms with Gasteiger partial charge in [0.05, 0.1) is 6.54 Å². The Labute approximate surface area is 103 Å². The van der Waals surface area contributed by atoms with Crippen molar-refractivity contribution in [3.63, 3.8) is 0 Å². The van der Waals surface area contributed by atoms with Crippen LogP contribution in [0, 0.1) is 5.92 Å². The number of hydrogen-bond acceptors (Lipinski definition) is 3. The quantitative estimate of drug-likeness (QED) is 0.752. The second-order valence-corrected chi connectivity index (χ2v) is 4.90. The molecule has 1 saturated heterocycles. The number of carbonyl (C=O) groups is 1. The van der Waals surface area contributed by atoms with E-state index in [1.807, 2.05) is 6.07 Å². The lowest BCUT2D eigenvalue weighted by molar-refractivity contribution is 0.109. The summed E-state index contributed by atoms with van der Waals surface area (Å²) in [4.78, 5) is 13.0. The van der Waals surface area contributed by atoms with Crippen LogP contribution in [0.25, 0.3) is 0 Å². The number of rotatable bonds is 4. The average molecular weight is 235 g/mol. The van der Waals surface area contributed by atoms with E-state index in [0.29, 0.717) is 5.76 Å². The molecule has 0 radical (unpaired) electrons. The zero-order valence-corrected chi connectivity index (χ0v) is 10.5. The van der Waals surface area contributed by atoms with Gasteiger partial charge in [-0.1, -0.05) is 13.3 Å². The van der Waals surface area contributed by atoms with Gasteiger partial charge in [-0.05, 0) is 50.4 Å². The molecule has 3 heteroatoms. The van der Waals surface area contributed by atoms with E-state index in [2.05, 4.69) is 11.8 Å². The van der Waals surface area contributed by atoms with Crippen molar-refractivity contribution in [3.05, 3.63) is 23.7 Å². The normalized spacial score (nSPS) is 22.3. The Morgan fingerprint density at radius 2 is 2.29 bits per heavy atom. The molecule has 1 aromatic heterocycles. The SMILES string of the molecule is CCC1CCCN(Cc2ccc(C=O)o2)CC1. The van der Waals surface area contributed by atoms with E-state index in [4.69, 9.17) is 4.42 Å². The largest absolute Gasteiger partial charge is 0.457 e. The molecule has 0 aromatic carbocycles. The first kappa shape index (κ1) is 12.4. The number of furan rings is 1. The molecular formula is C14H21NO2. The Kier molecular flexibility index (Phi) is 4.37. The van der Waals surface area contributed by atoms with Gasteiger partial charge >= 0.3 is 0 Å². The molecule has 2 rings (SSSR count). The van der Waals surface area contributed by atoms with E-state index in [1.165, 1.54) is 25.7 Å². The third kappa shape index (κ3) is 3.43. The van der Waals surface area contributed by atoms with Crippen LogP contribution in [-0.4, -0.2) is 24.3 Å². The van der Waals surface area contributed by atoms with Crippen LogP contribution in [0.3, 0.4) is 0 Å². The summed E-state index contributed by atoms with van der Waals surface area (Å²) in [5.41, 5.74) is 0. The minimum Gasteiger partial charge on any atom is -0.457 e. The molecule has 94 valence electrons. The van der Waals surface area contributed by atoms with E-state index in [1.54, 1.807) is 6.07 Å². The van der Waals surface area contributed by atoms with Crippen LogP contribution < -0.4 is 0 Å². The van der Waals surface area contributed by atoms with E-state index >= 15 is 0 Å². The highest BCUT2D eigenvalue weighted by atomic mass is 16.3. The molecule has 0 amide bonds. The van der Waals surface area contributed by atoms with Crippen molar-refractivity contribution in [2.75, 3.05) is 13.1 Å². The fourth-order valence-electron chi connectivity index (χ4n) is 2.55. The molecule has 1 aliphatic heterocycles. The second-order valence-electron chi connectivity index (χ2n) is 4.90. The zero-order valence-electron chi connectivity index (χ0n) is 10.5. The summed E-state index contributed by atoms with van der Waals surface area (Å²) >= 11 is 0. The van der Waals surface area contributed by atoms with E-state index in [0.717, 1.165) is 37.6 Å². The Morgan fingerprint density at radius 1 is 1.41 bits per heavy atom. The van der Waals surface area contributed by atoms with Crippen LogP contribution in [0.1, 0.15) is 48.9 Å². The van der Waals surface area contributed by atoms with Gasteiger partial charge in [0, 0.05) is 0 Å². The highest BCUT2D eigenvalue weighted by molar-refractivity contribution is 5.70. The fraction of sp³-hybridized carbons (Fsp3) is 0.643. The molecule has 0 aliphatic carbocycles. The summed E-state index contributed by atoms with van der Waals surface area (Å²) in [6.45, 7) is 5.41. The summed E-state index contributed by atoms with van der Waals surface area (Å²) in [7, 11) is 0. The van der Waals surface area contributed by atoms with Gasteiger partial charge in [0.2, 0.25) is 0 Å². The molecule has 0 spiro atoms. The summed E-state index contributed by atoms with van der Waals surface area (Å²) in [6.07, 6.45) is 5.98. The van der Waals surface area contributed by atoms with Crippen LogP contribution in [0.15, 0.2) is 16.5 Å². The topological polar surface area (TPSA) is 33.5 Å². The van der Waals surface area contributed by atoms with Crippen molar-refractivity contribution in [1.82, 2.24) is 4.90 Å². The molecule has 0 bridgehead atoms. The Balaban J connectivity index is 1.88. The van der Waals surface area contributed by atoms with Crippen LogP contribution in [0.2, 0.25) is 0 Å². The molecule has 1 aromatic rings. The smallest absolute Gasteiger partial charge is 0.185 e. The Bertz CT molecular complexity index is 359. The van der Waals surface area contributed by atoms with Crippen LogP contribution in [0.4, 0.5) is 0 Å². The summed E-state index contributed by atoms with van der Waals surface area (Å²) < 4.78 is 5.42. The molecule has 1 unspecified atom stereocenters. The molecule has 0 N–H and O–H groups in total. The molecule has 17 heavy (non-hydrogen) atoms. The van der Waals surface area contributed by atoms with Gasteiger partial charge in [-0.15, -0.1) is 0 Å². The van der Waals surface area contributed by atoms with Crippen molar-refractivity contribution in [1.29, 1.82) is 0 Å². The predicted octanol–water partition coefficient (Wildman–Crippen LogP) is 3.10. The van der Waals surface area contributed by atoms with Gasteiger partial charge in [0.1, 0.15) is 5.76 Å². The van der Waals surface area contributed by atoms with Crippen molar-refractivity contribution in [2.45, 2.75) is 39.2 Å². The molecule has 1 aliphatic rings. The van der Waals surface area contributed by atoms with Crippen molar-refractivity contribution in [2.24, 2.45) is 5.92 Å². The number of hydrogen-bond donors (Lipinski definition) is 0. The molecule has 1 atom stereocenters. The van der Waals surface area contributed by atoms with E-state index in [-0.39, 0.29) is 0 Å². The van der Waals surface area contributed by atoms with Crippen LogP contribution >= 0.6 is 0 Å². The van der Waals surface area contributed by atoms with Gasteiger partial charge in [-0.2, -0.15) is 0 Å². The summed E-state index contributed by atoms with van der Waals surface area (Å²) in [5.74, 6) is 2.23. The maximum Gasteiger partial charge on any atom is 0.185 e. The van der Waals surface area contributed by atoms with E-state index < -0.39 is 0 Å². The maximum atomic E-state index is 10.5. The van der Waals surface area contributed by atoms with Crippen molar-refractivity contribution in [3.8, 4) is 0 Å². The second kappa shape index (κ2) is 6.01. The minimum absolute atomic E-state index is 0.432. The lowest BCUT2D eigenvalue weighted by Gasteiger charge is -2.18. The van der Waals surface area contributed by atoms with Crippen LogP contribution in [-0.2, 0) is 6.54 Å². The highest BCUT2D eigenvalue weighted by Crippen LogP contribution is 2.21. The monoisotopic (exact) mass is 235 g/mol. The third-order valence-corrected chi connectivity index (χ3v) is 3.70. The molecule has 1 fully saturated rings. The first-order chi connectivity index (χ1) is 8.31. The lowest BCUT2D eigenvalue weighted by Crippen LogP contribution is -2.24. The van der Waals surface area contributed by atoms with Crippen LogP contribution in [0.5, 0.6) is 0 Å². The van der Waals surface area contributed by atoms with Gasteiger partial charge in [-0.3, -0.25) is 9.69 Å². The third-order valence-electron chi connectivity index (χ3n) is 3.70. The first-order valence-corrected chi connectivity index (χ1v) is 6.58. The summed E-state index contributed by atoms with van der Waals surface area (Å²) in [5, 5.41) is 0. The predicted molar refractivity (Wildman–Crippen MR) is 67.0 cm³/mol. The standard InChI is InChI=1S/C14H21NO2/c1-2-12-4-3-8-15(9-7-12)10-13-5-6-14(11-16)17-13/h5-6,11-12H,2-4,7-10H2,1H3. The molecule has 0 saturated carbocycles.